The fraction of sp³-hybridized carbons (Fsp3) is 0.500. The Kier molecular flexibility index (Phi) is 4.34. The molecule has 0 atom stereocenters. The van der Waals surface area contributed by atoms with Gasteiger partial charge in [0.2, 0.25) is 5.91 Å². The molecule has 2 rings (SSSR count). The summed E-state index contributed by atoms with van der Waals surface area (Å²) >= 11 is 0. The van der Waals surface area contributed by atoms with Gasteiger partial charge in [-0.2, -0.15) is 0 Å². The molecule has 1 aliphatic heterocycles. The van der Waals surface area contributed by atoms with Crippen LogP contribution < -0.4 is 5.32 Å². The highest BCUT2D eigenvalue weighted by atomic mass is 16.4. The summed E-state index contributed by atoms with van der Waals surface area (Å²) in [5.41, 5.74) is -0.503. The fourth-order valence-electron chi connectivity index (χ4n) is 2.12. The number of likely N-dealkylation sites (tertiary alicyclic amines) is 1. The maximum absolute atomic E-state index is 11.9. The second-order valence-corrected chi connectivity index (χ2v) is 4.56. The Bertz CT molecular complexity index is 519. The van der Waals surface area contributed by atoms with Crippen molar-refractivity contribution in [1.82, 2.24) is 20.2 Å². The molecule has 0 saturated carbocycles. The van der Waals surface area contributed by atoms with E-state index in [-0.39, 0.29) is 23.8 Å². The van der Waals surface area contributed by atoms with E-state index in [0.29, 0.717) is 13.1 Å². The number of carboxylic acid groups (broad SMARTS) is 1. The first kappa shape index (κ1) is 14.0. The highest BCUT2D eigenvalue weighted by Crippen LogP contribution is 2.08. The van der Waals surface area contributed by atoms with Crippen molar-refractivity contribution < 1.29 is 19.5 Å². The highest BCUT2D eigenvalue weighted by Gasteiger charge is 2.21. The van der Waals surface area contributed by atoms with Crippen LogP contribution in [0.4, 0.5) is 0 Å². The van der Waals surface area contributed by atoms with Crippen molar-refractivity contribution in [2.45, 2.75) is 19.3 Å². The Morgan fingerprint density at radius 3 is 2.65 bits per heavy atom. The van der Waals surface area contributed by atoms with Crippen molar-refractivity contribution in [2.24, 2.45) is 0 Å². The molecule has 2 amide bonds. The molecule has 0 aliphatic carbocycles. The molecule has 1 aliphatic rings. The molecule has 2 heterocycles. The van der Waals surface area contributed by atoms with E-state index in [1.807, 2.05) is 0 Å². The zero-order valence-electron chi connectivity index (χ0n) is 10.9. The Balaban J connectivity index is 1.90. The first-order valence-corrected chi connectivity index (χ1v) is 6.42. The summed E-state index contributed by atoms with van der Waals surface area (Å²) in [6.45, 7) is 1.26. The van der Waals surface area contributed by atoms with Gasteiger partial charge in [0.15, 0.2) is 11.4 Å². The number of carbonyl (C=O) groups excluding carboxylic acids is 2. The van der Waals surface area contributed by atoms with Crippen molar-refractivity contribution in [2.75, 3.05) is 19.6 Å². The van der Waals surface area contributed by atoms with Crippen LogP contribution in [0.2, 0.25) is 0 Å². The van der Waals surface area contributed by atoms with Gasteiger partial charge >= 0.3 is 5.97 Å². The number of aromatic amines is 1. The van der Waals surface area contributed by atoms with Crippen LogP contribution in [0.25, 0.3) is 0 Å². The molecule has 0 spiro atoms. The first-order valence-electron chi connectivity index (χ1n) is 6.42. The Morgan fingerprint density at radius 1 is 1.30 bits per heavy atom. The summed E-state index contributed by atoms with van der Waals surface area (Å²) in [6.07, 6.45) is 4.20. The predicted octanol–water partition coefficient (Wildman–Crippen LogP) is -0.150. The summed E-state index contributed by atoms with van der Waals surface area (Å²) in [5.74, 6) is -2.10. The van der Waals surface area contributed by atoms with Gasteiger partial charge in [-0.05, 0) is 19.3 Å². The third-order valence-corrected chi connectivity index (χ3v) is 3.18. The molecule has 0 unspecified atom stereocenters. The van der Waals surface area contributed by atoms with Crippen LogP contribution in [0.3, 0.4) is 0 Å². The molecular weight excluding hydrogens is 264 g/mol. The lowest BCUT2D eigenvalue weighted by molar-refractivity contribution is -0.130. The van der Waals surface area contributed by atoms with Crippen LogP contribution in [0.1, 0.15) is 40.2 Å². The van der Waals surface area contributed by atoms with Crippen LogP contribution in [0.15, 0.2) is 6.33 Å². The quantitative estimate of drug-likeness (QED) is 0.709. The number of hydrogen-bond donors (Lipinski definition) is 3. The lowest BCUT2D eigenvalue weighted by atomic mass is 10.1. The number of carbonyl (C=O) groups is 3. The summed E-state index contributed by atoms with van der Waals surface area (Å²) in [7, 11) is 0. The van der Waals surface area contributed by atoms with Gasteiger partial charge in [-0.1, -0.05) is 0 Å². The minimum absolute atomic E-state index is 0.148. The third-order valence-electron chi connectivity index (χ3n) is 3.18. The summed E-state index contributed by atoms with van der Waals surface area (Å²) in [6, 6.07) is 0. The van der Waals surface area contributed by atoms with Crippen molar-refractivity contribution in [3.05, 3.63) is 17.7 Å². The molecule has 1 saturated heterocycles. The van der Waals surface area contributed by atoms with E-state index in [1.165, 1.54) is 0 Å². The van der Waals surface area contributed by atoms with Gasteiger partial charge in [0, 0.05) is 13.1 Å². The number of amides is 2. The molecular formula is C12H16N4O4. The zero-order valence-corrected chi connectivity index (χ0v) is 10.9. The van der Waals surface area contributed by atoms with Gasteiger partial charge in [-0.3, -0.25) is 9.59 Å². The van der Waals surface area contributed by atoms with Crippen LogP contribution >= 0.6 is 0 Å². The average molecular weight is 280 g/mol. The van der Waals surface area contributed by atoms with Crippen molar-refractivity contribution >= 4 is 17.8 Å². The Hall–Kier alpha value is -2.38. The zero-order chi connectivity index (χ0) is 14.5. The van der Waals surface area contributed by atoms with E-state index < -0.39 is 11.9 Å². The van der Waals surface area contributed by atoms with Gasteiger partial charge in [0.05, 0.1) is 12.9 Å². The van der Waals surface area contributed by atoms with Gasteiger partial charge in [0.1, 0.15) is 0 Å². The van der Waals surface area contributed by atoms with Crippen molar-refractivity contribution in [1.29, 1.82) is 0 Å². The molecule has 8 heteroatoms. The van der Waals surface area contributed by atoms with Gasteiger partial charge < -0.3 is 20.3 Å². The second kappa shape index (κ2) is 6.18. The minimum Gasteiger partial charge on any atom is -0.477 e. The summed E-state index contributed by atoms with van der Waals surface area (Å²) in [4.78, 5) is 42.2. The monoisotopic (exact) mass is 280 g/mol. The van der Waals surface area contributed by atoms with E-state index in [2.05, 4.69) is 15.3 Å². The Morgan fingerprint density at radius 2 is 2.00 bits per heavy atom. The smallest absolute Gasteiger partial charge is 0.354 e. The van der Waals surface area contributed by atoms with Crippen molar-refractivity contribution in [3.8, 4) is 0 Å². The highest BCUT2D eigenvalue weighted by molar-refractivity contribution is 6.03. The van der Waals surface area contributed by atoms with Crippen LogP contribution in [-0.2, 0) is 4.79 Å². The number of H-pyrrole nitrogens is 1. The number of hydrogen-bond acceptors (Lipinski definition) is 4. The fourth-order valence-corrected chi connectivity index (χ4v) is 2.12. The molecule has 1 fully saturated rings. The number of nitrogens with one attached hydrogen (secondary N) is 2. The minimum atomic E-state index is -1.27. The predicted molar refractivity (Wildman–Crippen MR) is 68.3 cm³/mol. The number of rotatable bonds is 4. The second-order valence-electron chi connectivity index (χ2n) is 4.56. The van der Waals surface area contributed by atoms with Crippen LogP contribution in [-0.4, -0.2) is 57.4 Å². The molecule has 8 nitrogen and oxygen atoms in total. The third kappa shape index (κ3) is 3.14. The van der Waals surface area contributed by atoms with Gasteiger partial charge in [-0.25, -0.2) is 9.78 Å². The van der Waals surface area contributed by atoms with E-state index >= 15 is 0 Å². The number of carboxylic acids is 1. The number of aromatic nitrogens is 2. The topological polar surface area (TPSA) is 115 Å². The SMILES string of the molecule is O=C(NCC(=O)N1CCCCC1)c1nc[nH]c1C(=O)O. The van der Waals surface area contributed by atoms with E-state index in [9.17, 15) is 14.4 Å². The van der Waals surface area contributed by atoms with Crippen molar-refractivity contribution in [3.63, 3.8) is 0 Å². The Labute approximate surface area is 115 Å². The largest absolute Gasteiger partial charge is 0.477 e. The number of imidazole rings is 1. The maximum Gasteiger partial charge on any atom is 0.354 e. The summed E-state index contributed by atoms with van der Waals surface area (Å²) < 4.78 is 0. The van der Waals surface area contributed by atoms with Crippen LogP contribution in [0.5, 0.6) is 0 Å². The molecule has 3 N–H and O–H groups in total. The number of piperidine rings is 1. The molecule has 108 valence electrons. The summed E-state index contributed by atoms with van der Waals surface area (Å²) in [5, 5.41) is 11.3. The molecule has 1 aromatic rings. The van der Waals surface area contributed by atoms with E-state index in [4.69, 9.17) is 5.11 Å². The normalized spacial score (nSPS) is 14.9. The molecule has 0 bridgehead atoms. The van der Waals surface area contributed by atoms with Crippen LogP contribution in [0, 0.1) is 0 Å². The molecule has 20 heavy (non-hydrogen) atoms. The van der Waals surface area contributed by atoms with Gasteiger partial charge in [-0.15, -0.1) is 0 Å². The molecule has 0 radical (unpaired) electrons. The molecule has 0 aromatic carbocycles. The average Bonchev–Trinajstić information content (AvgIpc) is 2.95. The first-order chi connectivity index (χ1) is 9.59. The lowest BCUT2D eigenvalue weighted by Gasteiger charge is -2.26. The standard InChI is InChI=1S/C12H16N4O4/c17-8(16-4-2-1-3-5-16)6-13-11(18)9-10(12(19)20)15-7-14-9/h7H,1-6H2,(H,13,18)(H,14,15)(H,19,20). The number of nitrogens with zero attached hydrogens (tertiary/aromatic N) is 2. The lowest BCUT2D eigenvalue weighted by Crippen LogP contribution is -2.42. The van der Waals surface area contributed by atoms with E-state index in [0.717, 1.165) is 25.6 Å². The van der Waals surface area contributed by atoms with Gasteiger partial charge in [0.25, 0.3) is 5.91 Å². The maximum atomic E-state index is 11.9. The van der Waals surface area contributed by atoms with E-state index in [1.54, 1.807) is 4.90 Å². The molecule has 1 aromatic heterocycles. The number of aromatic carboxylic acids is 1.